The zero-order valence-electron chi connectivity index (χ0n) is 12.6. The Hall–Kier alpha value is -1.92. The summed E-state index contributed by atoms with van der Waals surface area (Å²) < 4.78 is 10.6. The number of halogens is 1. The Morgan fingerprint density at radius 1 is 1.43 bits per heavy atom. The molecule has 0 spiro atoms. The average Bonchev–Trinajstić information content (AvgIpc) is 3.19. The maximum absolute atomic E-state index is 11.8. The van der Waals surface area contributed by atoms with Crippen molar-refractivity contribution < 1.29 is 14.1 Å². The van der Waals surface area contributed by atoms with Crippen molar-refractivity contribution in [3.63, 3.8) is 0 Å². The van der Waals surface area contributed by atoms with Gasteiger partial charge in [0.05, 0.1) is 12.5 Å². The van der Waals surface area contributed by atoms with Crippen molar-refractivity contribution in [2.24, 2.45) is 0 Å². The summed E-state index contributed by atoms with van der Waals surface area (Å²) >= 11 is 5.95. The van der Waals surface area contributed by atoms with Crippen LogP contribution in [0.3, 0.4) is 0 Å². The van der Waals surface area contributed by atoms with E-state index in [4.69, 9.17) is 20.9 Å². The van der Waals surface area contributed by atoms with Crippen LogP contribution in [0.15, 0.2) is 28.8 Å². The molecule has 1 aliphatic heterocycles. The van der Waals surface area contributed by atoms with Crippen LogP contribution in [0, 0.1) is 0 Å². The normalized spacial score (nSPS) is 17.3. The quantitative estimate of drug-likeness (QED) is 0.878. The van der Waals surface area contributed by atoms with Gasteiger partial charge in [-0.1, -0.05) is 28.9 Å². The summed E-state index contributed by atoms with van der Waals surface area (Å²) in [5, 5.41) is 7.40. The monoisotopic (exact) mass is 335 g/mol. The van der Waals surface area contributed by atoms with Gasteiger partial charge in [-0.05, 0) is 25.0 Å². The third kappa shape index (κ3) is 4.53. The van der Waals surface area contributed by atoms with E-state index in [0.717, 1.165) is 25.0 Å². The lowest BCUT2D eigenvalue weighted by Crippen LogP contribution is -2.29. The van der Waals surface area contributed by atoms with Gasteiger partial charge in [-0.3, -0.25) is 4.79 Å². The fourth-order valence-electron chi connectivity index (χ4n) is 2.49. The van der Waals surface area contributed by atoms with E-state index < -0.39 is 0 Å². The zero-order chi connectivity index (χ0) is 16.1. The standard InChI is InChI=1S/C16H18ClN3O3/c17-12-4-1-3-11(9-12)16-19-15(23-20-16)6-7-18-14(21)10-13-5-2-8-22-13/h1,3-4,9,13H,2,5-8,10H2,(H,18,21). The largest absolute Gasteiger partial charge is 0.378 e. The second-order valence-electron chi connectivity index (χ2n) is 5.46. The molecular weight excluding hydrogens is 318 g/mol. The second kappa shape index (κ2) is 7.57. The van der Waals surface area contributed by atoms with Crippen LogP contribution in [0.5, 0.6) is 0 Å². The minimum atomic E-state index is -0.00789. The molecule has 1 atom stereocenters. The molecule has 23 heavy (non-hydrogen) atoms. The number of amides is 1. The van der Waals surface area contributed by atoms with Gasteiger partial charge in [0.25, 0.3) is 0 Å². The van der Waals surface area contributed by atoms with Crippen LogP contribution in [-0.2, 0) is 16.0 Å². The van der Waals surface area contributed by atoms with E-state index in [9.17, 15) is 4.79 Å². The van der Waals surface area contributed by atoms with Gasteiger partial charge in [0, 0.05) is 30.2 Å². The van der Waals surface area contributed by atoms with Crippen molar-refractivity contribution in [1.29, 1.82) is 0 Å². The van der Waals surface area contributed by atoms with Crippen LogP contribution in [-0.4, -0.2) is 35.3 Å². The molecule has 2 heterocycles. The molecule has 1 aromatic carbocycles. The smallest absolute Gasteiger partial charge is 0.228 e. The van der Waals surface area contributed by atoms with Gasteiger partial charge < -0.3 is 14.6 Å². The van der Waals surface area contributed by atoms with Gasteiger partial charge in [-0.25, -0.2) is 0 Å². The third-order valence-corrected chi connectivity index (χ3v) is 3.88. The van der Waals surface area contributed by atoms with E-state index in [2.05, 4.69) is 15.5 Å². The van der Waals surface area contributed by atoms with E-state index in [1.165, 1.54) is 0 Å². The lowest BCUT2D eigenvalue weighted by Gasteiger charge is -2.08. The number of rotatable bonds is 6. The lowest BCUT2D eigenvalue weighted by molar-refractivity contribution is -0.123. The number of carbonyl (C=O) groups is 1. The van der Waals surface area contributed by atoms with Crippen LogP contribution in [0.2, 0.25) is 5.02 Å². The molecule has 1 fully saturated rings. The Kier molecular flexibility index (Phi) is 5.25. The maximum atomic E-state index is 11.8. The minimum absolute atomic E-state index is 0.00789. The number of hydrogen-bond acceptors (Lipinski definition) is 5. The number of benzene rings is 1. The summed E-state index contributed by atoms with van der Waals surface area (Å²) in [5.74, 6) is 0.969. The molecule has 1 aliphatic rings. The molecule has 6 nitrogen and oxygen atoms in total. The molecule has 0 aliphatic carbocycles. The lowest BCUT2D eigenvalue weighted by atomic mass is 10.2. The second-order valence-corrected chi connectivity index (χ2v) is 5.90. The van der Waals surface area contributed by atoms with Crippen molar-refractivity contribution in [3.8, 4) is 11.4 Å². The predicted octanol–water partition coefficient (Wildman–Crippen LogP) is 2.62. The number of hydrogen-bond donors (Lipinski definition) is 1. The Labute approximate surface area is 139 Å². The highest BCUT2D eigenvalue weighted by molar-refractivity contribution is 6.30. The van der Waals surface area contributed by atoms with Gasteiger partial charge >= 0.3 is 0 Å². The van der Waals surface area contributed by atoms with Crippen molar-refractivity contribution in [2.75, 3.05) is 13.2 Å². The number of carbonyl (C=O) groups excluding carboxylic acids is 1. The SMILES string of the molecule is O=C(CC1CCCO1)NCCc1nc(-c2cccc(Cl)c2)no1. The molecule has 2 aromatic rings. The van der Waals surface area contributed by atoms with Crippen LogP contribution in [0.25, 0.3) is 11.4 Å². The summed E-state index contributed by atoms with van der Waals surface area (Å²) in [6.07, 6.45) is 2.96. The van der Waals surface area contributed by atoms with Crippen molar-refractivity contribution in [1.82, 2.24) is 15.5 Å². The first-order valence-corrected chi connectivity index (χ1v) is 8.05. The molecule has 1 aromatic heterocycles. The van der Waals surface area contributed by atoms with Gasteiger partial charge in [0.1, 0.15) is 0 Å². The highest BCUT2D eigenvalue weighted by atomic mass is 35.5. The number of ether oxygens (including phenoxy) is 1. The summed E-state index contributed by atoms with van der Waals surface area (Å²) in [5.41, 5.74) is 0.801. The van der Waals surface area contributed by atoms with Crippen molar-refractivity contribution in [2.45, 2.75) is 31.8 Å². The molecule has 3 rings (SSSR count). The van der Waals surface area contributed by atoms with E-state index in [1.54, 1.807) is 12.1 Å². The first-order chi connectivity index (χ1) is 11.2. The molecule has 0 saturated carbocycles. The van der Waals surface area contributed by atoms with Crippen molar-refractivity contribution in [3.05, 3.63) is 35.2 Å². The Morgan fingerprint density at radius 2 is 2.35 bits per heavy atom. The predicted molar refractivity (Wildman–Crippen MR) is 85.0 cm³/mol. The van der Waals surface area contributed by atoms with Crippen LogP contribution in [0.1, 0.15) is 25.2 Å². The Morgan fingerprint density at radius 3 is 3.13 bits per heavy atom. The minimum Gasteiger partial charge on any atom is -0.378 e. The van der Waals surface area contributed by atoms with E-state index in [0.29, 0.717) is 36.1 Å². The van der Waals surface area contributed by atoms with Crippen LogP contribution in [0.4, 0.5) is 0 Å². The third-order valence-electron chi connectivity index (χ3n) is 3.65. The first kappa shape index (κ1) is 16.0. The molecule has 1 amide bonds. The summed E-state index contributed by atoms with van der Waals surface area (Å²) in [7, 11) is 0. The van der Waals surface area contributed by atoms with Crippen molar-refractivity contribution >= 4 is 17.5 Å². The molecule has 1 N–H and O–H groups in total. The van der Waals surface area contributed by atoms with Gasteiger partial charge in [-0.15, -0.1) is 0 Å². The average molecular weight is 336 g/mol. The zero-order valence-corrected chi connectivity index (χ0v) is 13.4. The van der Waals surface area contributed by atoms with Gasteiger partial charge in [-0.2, -0.15) is 4.98 Å². The molecule has 0 radical (unpaired) electrons. The van der Waals surface area contributed by atoms with E-state index >= 15 is 0 Å². The Balaban J connectivity index is 1.46. The first-order valence-electron chi connectivity index (χ1n) is 7.67. The number of nitrogens with one attached hydrogen (secondary N) is 1. The maximum Gasteiger partial charge on any atom is 0.228 e. The Bertz CT molecular complexity index is 668. The molecule has 122 valence electrons. The highest BCUT2D eigenvalue weighted by Gasteiger charge is 2.18. The number of nitrogens with zero attached hydrogens (tertiary/aromatic N) is 2. The molecule has 1 saturated heterocycles. The number of aromatic nitrogens is 2. The van der Waals surface area contributed by atoms with Crippen LogP contribution < -0.4 is 5.32 Å². The van der Waals surface area contributed by atoms with E-state index in [1.807, 2.05) is 12.1 Å². The summed E-state index contributed by atoms with van der Waals surface area (Å²) in [4.78, 5) is 16.1. The molecule has 7 heteroatoms. The van der Waals surface area contributed by atoms with Gasteiger partial charge in [0.2, 0.25) is 17.6 Å². The molecular formula is C16H18ClN3O3. The summed E-state index contributed by atoms with van der Waals surface area (Å²) in [6, 6.07) is 7.26. The fraction of sp³-hybridized carbons (Fsp3) is 0.438. The summed E-state index contributed by atoms with van der Waals surface area (Å²) in [6.45, 7) is 1.22. The topological polar surface area (TPSA) is 77.2 Å². The molecule has 0 bridgehead atoms. The highest BCUT2D eigenvalue weighted by Crippen LogP contribution is 2.20. The van der Waals surface area contributed by atoms with Crippen LogP contribution >= 0.6 is 11.6 Å². The van der Waals surface area contributed by atoms with E-state index in [-0.39, 0.29) is 12.0 Å². The van der Waals surface area contributed by atoms with Gasteiger partial charge in [0.15, 0.2) is 0 Å². The molecule has 1 unspecified atom stereocenters. The fourth-order valence-corrected chi connectivity index (χ4v) is 2.68.